The van der Waals surface area contributed by atoms with Crippen LogP contribution in [0.3, 0.4) is 0 Å². The van der Waals surface area contributed by atoms with E-state index in [1.807, 2.05) is 18.2 Å². The number of fused-ring (bicyclic) bond motifs is 1. The average molecular weight is 584 g/mol. The molecule has 0 radical (unpaired) electrons. The van der Waals surface area contributed by atoms with Gasteiger partial charge in [0, 0.05) is 5.69 Å². The third-order valence-corrected chi connectivity index (χ3v) is 8.63. The highest BCUT2D eigenvalue weighted by Crippen LogP contribution is 2.66. The quantitative estimate of drug-likeness (QED) is 0.160. The summed E-state index contributed by atoms with van der Waals surface area (Å²) in [5.74, 6) is 0.340. The molecule has 0 spiro atoms. The summed E-state index contributed by atoms with van der Waals surface area (Å²) in [6, 6.07) is 9.05. The zero-order valence-corrected chi connectivity index (χ0v) is 20.9. The molecule has 1 aliphatic heterocycles. The number of phosphoric ester groups is 1. The molecular formula is C16H20N5O13P3. The first-order chi connectivity index (χ1) is 17.2. The van der Waals surface area contributed by atoms with E-state index >= 15 is 0 Å². The van der Waals surface area contributed by atoms with E-state index in [0.29, 0.717) is 11.3 Å². The predicted octanol–water partition coefficient (Wildman–Crippen LogP) is 0.532. The Balaban J connectivity index is 1.47. The number of rotatable bonds is 10. The SMILES string of the molecule is O=P(O)(OC[C@H]1O[C@@H](n2cnc3c(Nc4ccccc4)ncnc32)[C@H](O)[C@@H]1O)OP(=O)(O)O[32P](=O)(O)O. The summed E-state index contributed by atoms with van der Waals surface area (Å²) >= 11 is 0. The zero-order valence-electron chi connectivity index (χ0n) is 18.2. The van der Waals surface area contributed by atoms with E-state index in [2.05, 4.69) is 33.4 Å². The number of ether oxygens (including phenoxy) is 1. The van der Waals surface area contributed by atoms with Crippen molar-refractivity contribution < 1.29 is 61.4 Å². The van der Waals surface area contributed by atoms with Crippen LogP contribution in [0.1, 0.15) is 6.23 Å². The Kier molecular flexibility index (Phi) is 7.95. The van der Waals surface area contributed by atoms with Crippen LogP contribution >= 0.6 is 23.5 Å². The van der Waals surface area contributed by atoms with Crippen molar-refractivity contribution in [2.75, 3.05) is 11.9 Å². The third-order valence-electron chi connectivity index (χ3n) is 4.82. The number of hydrogen-bond acceptors (Lipinski definition) is 13. The molecule has 3 heterocycles. The van der Waals surface area contributed by atoms with Gasteiger partial charge in [0.2, 0.25) is 0 Å². The van der Waals surface area contributed by atoms with E-state index in [0.717, 1.165) is 5.69 Å². The maximum Gasteiger partial charge on any atom is 0.490 e. The molecule has 18 nitrogen and oxygen atoms in total. The first-order valence-corrected chi connectivity index (χ1v) is 14.6. The minimum atomic E-state index is -5.72. The second-order valence-corrected chi connectivity index (χ2v) is 11.9. The molecule has 2 aromatic heterocycles. The maximum absolute atomic E-state index is 11.9. The molecule has 2 unspecified atom stereocenters. The molecule has 1 aromatic carbocycles. The Hall–Kier alpha value is -2.14. The average Bonchev–Trinajstić information content (AvgIpc) is 3.33. The number of phosphoric acid groups is 3. The van der Waals surface area contributed by atoms with Crippen molar-refractivity contribution in [2.24, 2.45) is 0 Å². The number of nitrogens with one attached hydrogen (secondary N) is 1. The molecule has 0 bridgehead atoms. The Labute approximate surface area is 206 Å². The van der Waals surface area contributed by atoms with Crippen LogP contribution in [0.5, 0.6) is 0 Å². The van der Waals surface area contributed by atoms with E-state index in [9.17, 15) is 33.7 Å². The monoisotopic (exact) mass is 584 g/mol. The van der Waals surface area contributed by atoms with Gasteiger partial charge in [-0.05, 0) is 12.1 Å². The van der Waals surface area contributed by atoms with Gasteiger partial charge in [0.05, 0.1) is 12.9 Å². The molecule has 37 heavy (non-hydrogen) atoms. The molecule has 202 valence electrons. The number of aromatic nitrogens is 4. The lowest BCUT2D eigenvalue weighted by molar-refractivity contribution is -0.0503. The normalized spacial score (nSPS) is 25.6. The number of anilines is 2. The highest BCUT2D eigenvalue weighted by atomic mass is 32.2. The molecule has 1 fully saturated rings. The highest BCUT2D eigenvalue weighted by molar-refractivity contribution is 7.66. The van der Waals surface area contributed by atoms with Gasteiger partial charge in [-0.25, -0.2) is 28.6 Å². The molecule has 1 saturated heterocycles. The predicted molar refractivity (Wildman–Crippen MR) is 121 cm³/mol. The number of aliphatic hydroxyl groups is 2. The lowest BCUT2D eigenvalue weighted by Crippen LogP contribution is -2.33. The summed E-state index contributed by atoms with van der Waals surface area (Å²) in [6.07, 6.45) is -3.55. The lowest BCUT2D eigenvalue weighted by atomic mass is 10.1. The van der Waals surface area contributed by atoms with Crippen LogP contribution in [0.2, 0.25) is 0 Å². The second kappa shape index (κ2) is 10.6. The lowest BCUT2D eigenvalue weighted by Gasteiger charge is -2.19. The fourth-order valence-electron chi connectivity index (χ4n) is 3.36. The number of para-hydroxylation sites is 1. The Morgan fingerprint density at radius 2 is 1.65 bits per heavy atom. The standard InChI is InChI=1S/C16H20N5O13P3/c22-12-10(6-31-36(27,28)34-37(29,30)33-35(24,25)26)32-16(13(12)23)21-8-19-11-14(17-7-18-15(11)21)20-9-4-2-1-3-5-9/h1-5,7-8,10,12-13,16,22-23H,6H2,(H,27,28)(H,29,30)(H,17,18,20)(H2,24,25,26)/t10-,12-,13-,16-/m1/s1/i35+1. The molecule has 0 saturated carbocycles. The van der Waals surface area contributed by atoms with Crippen molar-refractivity contribution in [3.63, 3.8) is 0 Å². The summed E-state index contributed by atoms with van der Waals surface area (Å²) in [4.78, 5) is 48.5. The maximum atomic E-state index is 11.9. The summed E-state index contributed by atoms with van der Waals surface area (Å²) < 4.78 is 52.6. The van der Waals surface area contributed by atoms with Crippen LogP contribution in [0.4, 0.5) is 11.5 Å². The number of imidazole rings is 1. The van der Waals surface area contributed by atoms with Crippen molar-refractivity contribution in [3.05, 3.63) is 43.0 Å². The van der Waals surface area contributed by atoms with Crippen molar-refractivity contribution in [1.82, 2.24) is 19.5 Å². The number of benzene rings is 1. The fraction of sp³-hybridized carbons (Fsp3) is 0.312. The van der Waals surface area contributed by atoms with E-state index < -0.39 is 54.6 Å². The highest BCUT2D eigenvalue weighted by Gasteiger charge is 2.47. The topological polar surface area (TPSA) is 265 Å². The Morgan fingerprint density at radius 3 is 2.32 bits per heavy atom. The van der Waals surface area contributed by atoms with Crippen molar-refractivity contribution in [1.29, 1.82) is 0 Å². The van der Waals surface area contributed by atoms with Crippen LogP contribution in [-0.2, 0) is 31.6 Å². The molecule has 0 amide bonds. The van der Waals surface area contributed by atoms with Crippen LogP contribution in [0, 0.1) is 0 Å². The van der Waals surface area contributed by atoms with E-state index in [4.69, 9.17) is 14.5 Å². The molecule has 7 N–H and O–H groups in total. The Morgan fingerprint density at radius 1 is 0.946 bits per heavy atom. The molecule has 6 atom stereocenters. The van der Waals surface area contributed by atoms with Crippen molar-refractivity contribution in [3.8, 4) is 0 Å². The Bertz CT molecular complexity index is 1400. The van der Waals surface area contributed by atoms with Crippen LogP contribution in [0.15, 0.2) is 43.0 Å². The van der Waals surface area contributed by atoms with Crippen molar-refractivity contribution >= 4 is 46.1 Å². The van der Waals surface area contributed by atoms with E-state index in [1.165, 1.54) is 17.2 Å². The summed E-state index contributed by atoms with van der Waals surface area (Å²) in [7, 11) is -16.7. The smallest absolute Gasteiger partial charge is 0.387 e. The van der Waals surface area contributed by atoms with Gasteiger partial charge in [0.1, 0.15) is 24.6 Å². The van der Waals surface area contributed by atoms with Gasteiger partial charge < -0.3 is 39.8 Å². The van der Waals surface area contributed by atoms with Crippen LogP contribution in [0.25, 0.3) is 11.2 Å². The van der Waals surface area contributed by atoms with Gasteiger partial charge in [-0.3, -0.25) is 9.09 Å². The molecule has 3 aromatic rings. The van der Waals surface area contributed by atoms with Gasteiger partial charge in [-0.1, -0.05) is 18.2 Å². The molecule has 21 heteroatoms. The van der Waals surface area contributed by atoms with E-state index in [1.54, 1.807) is 12.1 Å². The second-order valence-electron chi connectivity index (χ2n) is 7.47. The minimum absolute atomic E-state index is 0.207. The van der Waals surface area contributed by atoms with Gasteiger partial charge in [-0.15, -0.1) is 0 Å². The van der Waals surface area contributed by atoms with Crippen molar-refractivity contribution in [2.45, 2.75) is 24.5 Å². The first kappa shape index (κ1) is 27.9. The number of aliphatic hydroxyl groups excluding tert-OH is 2. The summed E-state index contributed by atoms with van der Waals surface area (Å²) in [6.45, 7) is -0.957. The fourth-order valence-corrected chi connectivity index (χ4v) is 6.39. The summed E-state index contributed by atoms with van der Waals surface area (Å²) in [5.41, 5.74) is 1.22. The van der Waals surface area contributed by atoms with Gasteiger partial charge in [0.15, 0.2) is 23.2 Å². The van der Waals surface area contributed by atoms with Gasteiger partial charge in [0.25, 0.3) is 0 Å². The molecule has 1 aliphatic rings. The molecular weight excluding hydrogens is 564 g/mol. The minimum Gasteiger partial charge on any atom is -0.387 e. The van der Waals surface area contributed by atoms with Gasteiger partial charge >= 0.3 is 23.5 Å². The van der Waals surface area contributed by atoms with E-state index in [-0.39, 0.29) is 5.65 Å². The van der Waals surface area contributed by atoms with Crippen LogP contribution in [-0.4, -0.2) is 74.2 Å². The number of nitrogens with zero attached hydrogens (tertiary/aromatic N) is 4. The third kappa shape index (κ3) is 6.85. The first-order valence-electron chi connectivity index (χ1n) is 10.0. The zero-order chi connectivity index (χ0) is 27.0. The van der Waals surface area contributed by atoms with Crippen LogP contribution < -0.4 is 5.32 Å². The molecule has 4 rings (SSSR count). The van der Waals surface area contributed by atoms with Gasteiger partial charge in [-0.2, -0.15) is 8.62 Å². The summed E-state index contributed by atoms with van der Waals surface area (Å²) in [5, 5.41) is 23.9. The molecule has 0 aliphatic carbocycles. The largest absolute Gasteiger partial charge is 0.490 e. The number of hydrogen-bond donors (Lipinski definition) is 7.